The van der Waals surface area contributed by atoms with Crippen molar-refractivity contribution in [2.45, 2.75) is 20.0 Å². The van der Waals surface area contributed by atoms with Gasteiger partial charge in [-0.15, -0.1) is 0 Å². The normalized spacial score (nSPS) is 11.5. The number of ether oxygens (including phenoxy) is 1. The van der Waals surface area contributed by atoms with Crippen molar-refractivity contribution in [2.24, 2.45) is 0 Å². The number of hydrogen-bond donors (Lipinski definition) is 1. The molecular formula is C16H15NO5. The Morgan fingerprint density at radius 1 is 1.14 bits per heavy atom. The average Bonchev–Trinajstić information content (AvgIpc) is 3.02. The second-order valence-electron chi connectivity index (χ2n) is 4.65. The van der Waals surface area contributed by atoms with E-state index in [1.807, 2.05) is 0 Å². The monoisotopic (exact) mass is 301 g/mol. The molecule has 0 fully saturated rings. The molecular weight excluding hydrogens is 286 g/mol. The minimum Gasteiger partial charge on any atom is -0.457 e. The van der Waals surface area contributed by atoms with Crippen LogP contribution in [0.4, 0.5) is 5.69 Å². The molecule has 1 aromatic carbocycles. The number of esters is 1. The summed E-state index contributed by atoms with van der Waals surface area (Å²) in [6, 6.07) is 9.44. The minimum atomic E-state index is -0.981. The van der Waals surface area contributed by atoms with Crippen molar-refractivity contribution >= 4 is 23.3 Å². The van der Waals surface area contributed by atoms with E-state index in [2.05, 4.69) is 5.32 Å². The number of ketones is 1. The molecule has 22 heavy (non-hydrogen) atoms. The summed E-state index contributed by atoms with van der Waals surface area (Å²) in [4.78, 5) is 34.8. The maximum Gasteiger partial charge on any atom is 0.374 e. The molecule has 0 saturated heterocycles. The molecule has 2 rings (SSSR count). The van der Waals surface area contributed by atoms with Crippen molar-refractivity contribution in [3.63, 3.8) is 0 Å². The van der Waals surface area contributed by atoms with Crippen molar-refractivity contribution in [2.75, 3.05) is 5.32 Å². The van der Waals surface area contributed by atoms with Crippen molar-refractivity contribution in [1.82, 2.24) is 0 Å². The molecule has 1 N–H and O–H groups in total. The number of hydrogen-bond acceptors (Lipinski definition) is 5. The lowest BCUT2D eigenvalue weighted by molar-refractivity contribution is -0.123. The van der Waals surface area contributed by atoms with Crippen LogP contribution in [0.1, 0.15) is 34.8 Å². The van der Waals surface area contributed by atoms with Gasteiger partial charge in [-0.25, -0.2) is 4.79 Å². The number of carbonyl (C=O) groups excluding carboxylic acids is 3. The van der Waals surface area contributed by atoms with Crippen LogP contribution in [-0.4, -0.2) is 23.8 Å². The SMILES string of the molecule is CC(=O)c1ccc(NC(=O)[C@@H](C)OC(=O)c2ccco2)cc1. The molecule has 6 heteroatoms. The van der Waals surface area contributed by atoms with E-state index in [1.165, 1.54) is 26.2 Å². The van der Waals surface area contributed by atoms with Crippen LogP contribution in [0, 0.1) is 0 Å². The van der Waals surface area contributed by atoms with Crippen LogP contribution in [0.5, 0.6) is 0 Å². The summed E-state index contributed by atoms with van der Waals surface area (Å²) >= 11 is 0. The van der Waals surface area contributed by atoms with Gasteiger partial charge in [0.15, 0.2) is 11.9 Å². The number of amides is 1. The third-order valence-electron chi connectivity index (χ3n) is 2.93. The Labute approximate surface area is 127 Å². The Hall–Kier alpha value is -2.89. The van der Waals surface area contributed by atoms with Gasteiger partial charge in [-0.1, -0.05) is 0 Å². The Morgan fingerprint density at radius 3 is 2.36 bits per heavy atom. The number of carbonyl (C=O) groups is 3. The second-order valence-corrected chi connectivity index (χ2v) is 4.65. The van der Waals surface area contributed by atoms with Gasteiger partial charge in [0.05, 0.1) is 6.26 Å². The Kier molecular flexibility index (Phi) is 4.73. The van der Waals surface area contributed by atoms with Crippen molar-refractivity contribution in [3.05, 3.63) is 54.0 Å². The van der Waals surface area contributed by atoms with Gasteiger partial charge in [-0.05, 0) is 50.2 Å². The zero-order valence-corrected chi connectivity index (χ0v) is 12.2. The van der Waals surface area contributed by atoms with Crippen LogP contribution in [0.25, 0.3) is 0 Å². The zero-order valence-electron chi connectivity index (χ0n) is 12.2. The van der Waals surface area contributed by atoms with Crippen LogP contribution >= 0.6 is 0 Å². The molecule has 0 bridgehead atoms. The second kappa shape index (κ2) is 6.71. The summed E-state index contributed by atoms with van der Waals surface area (Å²) in [6.07, 6.45) is 0.364. The number of Topliss-reactive ketones (excluding diaryl/α,β-unsaturated/α-hetero) is 1. The highest BCUT2D eigenvalue weighted by molar-refractivity contribution is 5.98. The molecule has 0 saturated carbocycles. The summed E-state index contributed by atoms with van der Waals surface area (Å²) < 4.78 is 9.88. The van der Waals surface area contributed by atoms with E-state index >= 15 is 0 Å². The quantitative estimate of drug-likeness (QED) is 0.678. The van der Waals surface area contributed by atoms with Crippen LogP contribution in [0.15, 0.2) is 47.1 Å². The highest BCUT2D eigenvalue weighted by atomic mass is 16.6. The third kappa shape index (κ3) is 3.82. The topological polar surface area (TPSA) is 85.6 Å². The molecule has 0 radical (unpaired) electrons. The summed E-state index contributed by atoms with van der Waals surface area (Å²) in [5, 5.41) is 2.60. The van der Waals surface area contributed by atoms with Gasteiger partial charge in [0.2, 0.25) is 5.76 Å². The standard InChI is InChI=1S/C16H15NO5/c1-10(18)12-5-7-13(8-6-12)17-15(19)11(2)22-16(20)14-4-3-9-21-14/h3-9,11H,1-2H3,(H,17,19)/t11-/m1/s1. The predicted octanol–water partition coefficient (Wildman–Crippen LogP) is 2.67. The lowest BCUT2D eigenvalue weighted by Crippen LogP contribution is -2.29. The first-order valence-corrected chi connectivity index (χ1v) is 6.63. The Bertz CT molecular complexity index is 673. The Morgan fingerprint density at radius 2 is 1.82 bits per heavy atom. The number of nitrogens with one attached hydrogen (secondary N) is 1. The van der Waals surface area contributed by atoms with E-state index in [0.29, 0.717) is 11.3 Å². The first-order chi connectivity index (χ1) is 10.5. The van der Waals surface area contributed by atoms with Crippen LogP contribution < -0.4 is 5.32 Å². The van der Waals surface area contributed by atoms with Gasteiger partial charge in [-0.2, -0.15) is 0 Å². The van der Waals surface area contributed by atoms with Gasteiger partial charge >= 0.3 is 5.97 Å². The molecule has 0 unspecified atom stereocenters. The van der Waals surface area contributed by atoms with Crippen LogP contribution in [0.2, 0.25) is 0 Å². The lowest BCUT2D eigenvalue weighted by atomic mass is 10.1. The lowest BCUT2D eigenvalue weighted by Gasteiger charge is -2.12. The third-order valence-corrected chi connectivity index (χ3v) is 2.93. The van der Waals surface area contributed by atoms with Gasteiger partial charge in [-0.3, -0.25) is 9.59 Å². The van der Waals surface area contributed by atoms with Gasteiger partial charge in [0.25, 0.3) is 5.91 Å². The molecule has 1 atom stereocenters. The van der Waals surface area contributed by atoms with Gasteiger partial charge < -0.3 is 14.5 Å². The van der Waals surface area contributed by atoms with Crippen molar-refractivity contribution < 1.29 is 23.5 Å². The fourth-order valence-electron chi connectivity index (χ4n) is 1.70. The van der Waals surface area contributed by atoms with Crippen molar-refractivity contribution in [3.8, 4) is 0 Å². The van der Waals surface area contributed by atoms with E-state index < -0.39 is 18.0 Å². The first-order valence-electron chi connectivity index (χ1n) is 6.63. The summed E-state index contributed by atoms with van der Waals surface area (Å²) in [6.45, 7) is 2.92. The molecule has 2 aromatic rings. The fourth-order valence-corrected chi connectivity index (χ4v) is 1.70. The molecule has 0 aliphatic heterocycles. The molecule has 0 aliphatic rings. The van der Waals surface area contributed by atoms with Crippen molar-refractivity contribution in [1.29, 1.82) is 0 Å². The molecule has 1 heterocycles. The van der Waals surface area contributed by atoms with E-state index in [9.17, 15) is 14.4 Å². The van der Waals surface area contributed by atoms with E-state index in [1.54, 1.807) is 30.3 Å². The minimum absolute atomic E-state index is 0.0328. The van der Waals surface area contributed by atoms with E-state index in [0.717, 1.165) is 0 Å². The van der Waals surface area contributed by atoms with E-state index in [-0.39, 0.29) is 11.5 Å². The number of rotatable bonds is 5. The molecule has 6 nitrogen and oxygen atoms in total. The fraction of sp³-hybridized carbons (Fsp3) is 0.188. The molecule has 1 amide bonds. The molecule has 114 valence electrons. The molecule has 0 spiro atoms. The number of furan rings is 1. The largest absolute Gasteiger partial charge is 0.457 e. The summed E-state index contributed by atoms with van der Waals surface area (Å²) in [7, 11) is 0. The maximum atomic E-state index is 12.0. The Balaban J connectivity index is 1.93. The van der Waals surface area contributed by atoms with Gasteiger partial charge in [0.1, 0.15) is 0 Å². The number of benzene rings is 1. The van der Waals surface area contributed by atoms with Crippen LogP contribution in [-0.2, 0) is 9.53 Å². The smallest absolute Gasteiger partial charge is 0.374 e. The molecule has 0 aliphatic carbocycles. The zero-order chi connectivity index (χ0) is 16.1. The molecule has 1 aromatic heterocycles. The highest BCUT2D eigenvalue weighted by Crippen LogP contribution is 2.12. The van der Waals surface area contributed by atoms with E-state index in [4.69, 9.17) is 9.15 Å². The summed E-state index contributed by atoms with van der Waals surface area (Å²) in [5.74, 6) is -1.21. The first kappa shape index (κ1) is 15.5. The summed E-state index contributed by atoms with van der Waals surface area (Å²) in [5.41, 5.74) is 1.06. The maximum absolute atomic E-state index is 12.0. The van der Waals surface area contributed by atoms with Gasteiger partial charge in [0, 0.05) is 11.3 Å². The highest BCUT2D eigenvalue weighted by Gasteiger charge is 2.20. The van der Waals surface area contributed by atoms with Crippen LogP contribution in [0.3, 0.4) is 0 Å². The predicted molar refractivity (Wildman–Crippen MR) is 78.7 cm³/mol. The average molecular weight is 301 g/mol. The number of anilines is 1.